The molecule has 3 aromatic rings. The number of nitrogens with zero attached hydrogens (tertiary/aromatic N) is 2. The van der Waals surface area contributed by atoms with E-state index < -0.39 is 0 Å². The van der Waals surface area contributed by atoms with Gasteiger partial charge in [-0.25, -0.2) is 4.98 Å². The number of imidazole rings is 1. The Morgan fingerprint density at radius 3 is 2.57 bits per heavy atom. The third kappa shape index (κ3) is 2.82. The van der Waals surface area contributed by atoms with Crippen LogP contribution in [0.2, 0.25) is 0 Å². The van der Waals surface area contributed by atoms with E-state index in [2.05, 4.69) is 53.1 Å². The van der Waals surface area contributed by atoms with Gasteiger partial charge in [0.1, 0.15) is 0 Å². The summed E-state index contributed by atoms with van der Waals surface area (Å²) >= 11 is 0. The van der Waals surface area contributed by atoms with E-state index in [9.17, 15) is 0 Å². The molecule has 1 heterocycles. The molecular formula is C17H20N4. The van der Waals surface area contributed by atoms with Crippen LogP contribution in [-0.4, -0.2) is 9.55 Å². The van der Waals surface area contributed by atoms with Crippen molar-refractivity contribution >= 4 is 11.0 Å². The maximum Gasteiger partial charge on any atom is 0.0958 e. The molecular weight excluding hydrogens is 260 g/mol. The van der Waals surface area contributed by atoms with Crippen LogP contribution in [0, 0.1) is 13.8 Å². The lowest BCUT2D eigenvalue weighted by Crippen LogP contribution is -2.31. The van der Waals surface area contributed by atoms with Crippen molar-refractivity contribution in [3.8, 4) is 0 Å². The van der Waals surface area contributed by atoms with Gasteiger partial charge in [-0.2, -0.15) is 0 Å². The summed E-state index contributed by atoms with van der Waals surface area (Å²) in [4.78, 5) is 4.43. The number of fused-ring (bicyclic) bond motifs is 1. The number of aromatic nitrogens is 2. The van der Waals surface area contributed by atoms with Crippen molar-refractivity contribution in [2.45, 2.75) is 26.4 Å². The summed E-state index contributed by atoms with van der Waals surface area (Å²) in [7, 11) is 0. The van der Waals surface area contributed by atoms with Crippen molar-refractivity contribution in [3.05, 3.63) is 65.5 Å². The second kappa shape index (κ2) is 5.68. The average molecular weight is 280 g/mol. The molecule has 2 aromatic carbocycles. The van der Waals surface area contributed by atoms with Crippen LogP contribution in [0.25, 0.3) is 11.0 Å². The largest absolute Gasteiger partial charge is 0.329 e. The molecule has 3 rings (SSSR count). The molecule has 0 saturated heterocycles. The molecule has 21 heavy (non-hydrogen) atoms. The van der Waals surface area contributed by atoms with Gasteiger partial charge < -0.3 is 4.57 Å². The minimum atomic E-state index is 0.0567. The maximum atomic E-state index is 5.78. The number of hydrazine groups is 1. The number of benzene rings is 2. The van der Waals surface area contributed by atoms with Crippen LogP contribution < -0.4 is 11.3 Å². The lowest BCUT2D eigenvalue weighted by molar-refractivity contribution is 0.481. The van der Waals surface area contributed by atoms with Crippen LogP contribution >= 0.6 is 0 Å². The molecule has 0 bridgehead atoms. The Kier molecular flexibility index (Phi) is 3.73. The molecule has 0 radical (unpaired) electrons. The highest BCUT2D eigenvalue weighted by Gasteiger charge is 2.13. The van der Waals surface area contributed by atoms with E-state index in [1.807, 2.05) is 24.5 Å². The minimum absolute atomic E-state index is 0.0567. The summed E-state index contributed by atoms with van der Waals surface area (Å²) in [6.45, 7) is 4.97. The van der Waals surface area contributed by atoms with Gasteiger partial charge in [-0.15, -0.1) is 0 Å². The van der Waals surface area contributed by atoms with Gasteiger partial charge in [0.25, 0.3) is 0 Å². The molecule has 4 nitrogen and oxygen atoms in total. The SMILES string of the molecule is Cc1cc(C)cc(C(Cn2cnc3ccccc32)NN)c1. The summed E-state index contributed by atoms with van der Waals surface area (Å²) in [5, 5.41) is 0. The van der Waals surface area contributed by atoms with Gasteiger partial charge in [0.2, 0.25) is 0 Å². The number of nitrogens with two attached hydrogens (primary N) is 1. The molecule has 108 valence electrons. The van der Waals surface area contributed by atoms with Crippen molar-refractivity contribution in [2.24, 2.45) is 5.84 Å². The highest BCUT2D eigenvalue weighted by molar-refractivity contribution is 5.74. The molecule has 4 heteroatoms. The van der Waals surface area contributed by atoms with E-state index >= 15 is 0 Å². The second-order valence-electron chi connectivity index (χ2n) is 5.53. The molecule has 3 N–H and O–H groups in total. The number of para-hydroxylation sites is 2. The fourth-order valence-corrected chi connectivity index (χ4v) is 2.82. The number of hydrogen-bond donors (Lipinski definition) is 2. The molecule has 0 amide bonds. The Balaban J connectivity index is 1.94. The van der Waals surface area contributed by atoms with Crippen LogP contribution in [0.4, 0.5) is 0 Å². The number of rotatable bonds is 4. The Labute approximate surface area is 124 Å². The number of aryl methyl sites for hydroxylation is 2. The van der Waals surface area contributed by atoms with Crippen molar-refractivity contribution in [2.75, 3.05) is 0 Å². The highest BCUT2D eigenvalue weighted by Crippen LogP contribution is 2.20. The first-order valence-electron chi connectivity index (χ1n) is 7.11. The zero-order chi connectivity index (χ0) is 14.8. The van der Waals surface area contributed by atoms with Gasteiger partial charge in [0.15, 0.2) is 0 Å². The number of nitrogens with one attached hydrogen (secondary N) is 1. The molecule has 1 unspecified atom stereocenters. The third-order valence-electron chi connectivity index (χ3n) is 3.75. The molecule has 0 aliphatic rings. The van der Waals surface area contributed by atoms with E-state index in [-0.39, 0.29) is 6.04 Å². The fourth-order valence-electron chi connectivity index (χ4n) is 2.82. The summed E-state index contributed by atoms with van der Waals surface area (Å²) in [6.07, 6.45) is 1.87. The molecule has 1 atom stereocenters. The van der Waals surface area contributed by atoms with Crippen molar-refractivity contribution in [3.63, 3.8) is 0 Å². The van der Waals surface area contributed by atoms with Crippen LogP contribution in [-0.2, 0) is 6.54 Å². The Morgan fingerprint density at radius 1 is 1.14 bits per heavy atom. The predicted octanol–water partition coefficient (Wildman–Crippen LogP) is 2.86. The van der Waals surface area contributed by atoms with E-state index in [0.29, 0.717) is 0 Å². The normalized spacial score (nSPS) is 12.7. The topological polar surface area (TPSA) is 55.9 Å². The quantitative estimate of drug-likeness (QED) is 0.571. The van der Waals surface area contributed by atoms with E-state index in [0.717, 1.165) is 17.6 Å². The van der Waals surface area contributed by atoms with Gasteiger partial charge in [0.05, 0.1) is 23.4 Å². The summed E-state index contributed by atoms with van der Waals surface area (Å²) in [5.41, 5.74) is 8.77. The molecule has 0 spiro atoms. The van der Waals surface area contributed by atoms with Crippen LogP contribution in [0.5, 0.6) is 0 Å². The standard InChI is InChI=1S/C17H20N4/c1-12-7-13(2)9-14(8-12)16(20-18)10-21-11-19-15-5-3-4-6-17(15)21/h3-9,11,16,20H,10,18H2,1-2H3. The lowest BCUT2D eigenvalue weighted by Gasteiger charge is -2.18. The first-order valence-corrected chi connectivity index (χ1v) is 7.11. The lowest BCUT2D eigenvalue weighted by atomic mass is 10.0. The van der Waals surface area contributed by atoms with Gasteiger partial charge in [-0.05, 0) is 31.5 Å². The Bertz CT molecular complexity index is 740. The molecule has 1 aromatic heterocycles. The van der Waals surface area contributed by atoms with E-state index in [1.165, 1.54) is 16.7 Å². The number of hydrogen-bond acceptors (Lipinski definition) is 3. The van der Waals surface area contributed by atoms with Crippen LogP contribution in [0.15, 0.2) is 48.8 Å². The van der Waals surface area contributed by atoms with Crippen molar-refractivity contribution in [1.82, 2.24) is 15.0 Å². The maximum absolute atomic E-state index is 5.78. The molecule has 0 fully saturated rings. The van der Waals surface area contributed by atoms with Crippen molar-refractivity contribution in [1.29, 1.82) is 0 Å². The van der Waals surface area contributed by atoms with Crippen molar-refractivity contribution < 1.29 is 0 Å². The predicted molar refractivity (Wildman–Crippen MR) is 85.7 cm³/mol. The molecule has 0 aliphatic heterocycles. The van der Waals surface area contributed by atoms with Crippen LogP contribution in [0.3, 0.4) is 0 Å². The van der Waals surface area contributed by atoms with E-state index in [1.54, 1.807) is 0 Å². The summed E-state index contributed by atoms with van der Waals surface area (Å²) < 4.78 is 2.14. The van der Waals surface area contributed by atoms with Gasteiger partial charge in [-0.3, -0.25) is 11.3 Å². The first kappa shape index (κ1) is 13.8. The smallest absolute Gasteiger partial charge is 0.0958 e. The van der Waals surface area contributed by atoms with E-state index in [4.69, 9.17) is 5.84 Å². The van der Waals surface area contributed by atoms with Gasteiger partial charge in [-0.1, -0.05) is 41.5 Å². The zero-order valence-corrected chi connectivity index (χ0v) is 12.4. The third-order valence-corrected chi connectivity index (χ3v) is 3.75. The van der Waals surface area contributed by atoms with Gasteiger partial charge in [0, 0.05) is 6.54 Å². The molecule has 0 saturated carbocycles. The summed E-state index contributed by atoms with van der Waals surface area (Å²) in [5.74, 6) is 5.78. The van der Waals surface area contributed by atoms with Gasteiger partial charge >= 0.3 is 0 Å². The monoisotopic (exact) mass is 280 g/mol. The van der Waals surface area contributed by atoms with Crippen LogP contribution in [0.1, 0.15) is 22.7 Å². The average Bonchev–Trinajstić information content (AvgIpc) is 2.87. The summed E-state index contributed by atoms with van der Waals surface area (Å²) in [6, 6.07) is 14.7. The molecule has 0 aliphatic carbocycles. The Morgan fingerprint density at radius 2 is 1.86 bits per heavy atom. The Hall–Kier alpha value is -2.17. The highest BCUT2D eigenvalue weighted by atomic mass is 15.2. The first-order chi connectivity index (χ1) is 10.2. The zero-order valence-electron chi connectivity index (χ0n) is 12.4. The fraction of sp³-hybridized carbons (Fsp3) is 0.235. The second-order valence-corrected chi connectivity index (χ2v) is 5.53. The minimum Gasteiger partial charge on any atom is -0.329 e.